The summed E-state index contributed by atoms with van der Waals surface area (Å²) in [5.41, 5.74) is 6.44. The van der Waals surface area contributed by atoms with Crippen LogP contribution in [0.3, 0.4) is 0 Å². The van der Waals surface area contributed by atoms with Gasteiger partial charge < -0.3 is 21.1 Å². The van der Waals surface area contributed by atoms with E-state index < -0.39 is 42.2 Å². The third-order valence-electron chi connectivity index (χ3n) is 5.18. The molecular weight excluding hydrogens is 423 g/mol. The quantitative estimate of drug-likeness (QED) is 0.591. The third kappa shape index (κ3) is 6.58. The van der Waals surface area contributed by atoms with E-state index >= 15 is 0 Å². The number of benzene rings is 1. The van der Waals surface area contributed by atoms with Crippen molar-refractivity contribution in [1.29, 1.82) is 0 Å². The summed E-state index contributed by atoms with van der Waals surface area (Å²) < 4.78 is 39.4. The molecule has 4 atom stereocenters. The predicted molar refractivity (Wildman–Crippen MR) is 109 cm³/mol. The smallest absolute Gasteiger partial charge is 0.382 e. The largest absolute Gasteiger partial charge is 0.416 e. The van der Waals surface area contributed by atoms with Crippen molar-refractivity contribution in [3.8, 4) is 0 Å². The Hall–Kier alpha value is -1.84. The monoisotopic (exact) mass is 451 g/mol. The Bertz CT molecular complexity index is 704. The van der Waals surface area contributed by atoms with Crippen LogP contribution in [0.25, 0.3) is 0 Å². The fraction of sp³-hybridized carbons (Fsp3) is 0.600. The van der Waals surface area contributed by atoms with Gasteiger partial charge in [-0.3, -0.25) is 9.59 Å². The summed E-state index contributed by atoms with van der Waals surface area (Å²) in [6.07, 6.45) is -6.92. The van der Waals surface area contributed by atoms with E-state index in [-0.39, 0.29) is 24.7 Å². The minimum Gasteiger partial charge on any atom is -0.382 e. The van der Waals surface area contributed by atoms with Crippen LogP contribution in [0.1, 0.15) is 32.3 Å². The normalized spacial score (nSPS) is 19.7. The number of rotatable bonds is 7. The van der Waals surface area contributed by atoms with Crippen LogP contribution in [-0.4, -0.2) is 58.8 Å². The fourth-order valence-corrected chi connectivity index (χ4v) is 3.40. The van der Waals surface area contributed by atoms with Gasteiger partial charge in [-0.05, 0) is 30.7 Å². The van der Waals surface area contributed by atoms with Crippen molar-refractivity contribution in [3.63, 3.8) is 0 Å². The first-order chi connectivity index (χ1) is 13.5. The van der Waals surface area contributed by atoms with Gasteiger partial charge in [0.15, 0.2) is 6.10 Å². The van der Waals surface area contributed by atoms with Gasteiger partial charge in [0.2, 0.25) is 11.8 Å². The number of carbonyl (C=O) groups excluding carboxylic acids is 2. The maximum atomic E-state index is 13.1. The molecule has 2 rings (SSSR count). The predicted octanol–water partition coefficient (Wildman–Crippen LogP) is 2.03. The van der Waals surface area contributed by atoms with Gasteiger partial charge >= 0.3 is 6.18 Å². The molecule has 1 saturated heterocycles. The second kappa shape index (κ2) is 11.0. The Kier molecular flexibility index (Phi) is 9.58. The Morgan fingerprint density at radius 2 is 1.87 bits per heavy atom. The van der Waals surface area contributed by atoms with Crippen molar-refractivity contribution >= 4 is 24.2 Å². The van der Waals surface area contributed by atoms with Gasteiger partial charge in [-0.1, -0.05) is 44.2 Å². The lowest BCUT2D eigenvalue weighted by Gasteiger charge is -2.31. The Balaban J connectivity index is 0.00000450. The summed E-state index contributed by atoms with van der Waals surface area (Å²) in [5.74, 6) is -1.24. The topological polar surface area (TPSA) is 95.7 Å². The molecule has 0 radical (unpaired) electrons. The summed E-state index contributed by atoms with van der Waals surface area (Å²) in [6.45, 7) is 3.88. The highest BCUT2D eigenvalue weighted by atomic mass is 35.5. The molecule has 0 aromatic heterocycles. The third-order valence-corrected chi connectivity index (χ3v) is 5.18. The molecule has 0 aliphatic carbocycles. The van der Waals surface area contributed by atoms with Crippen molar-refractivity contribution < 1.29 is 27.9 Å². The highest BCUT2D eigenvalue weighted by Crippen LogP contribution is 2.25. The number of nitrogens with one attached hydrogen (secondary N) is 1. The number of likely N-dealkylation sites (tertiary alicyclic amines) is 1. The van der Waals surface area contributed by atoms with Crippen LogP contribution in [-0.2, 0) is 16.0 Å². The summed E-state index contributed by atoms with van der Waals surface area (Å²) in [5, 5.41) is 12.1. The molecule has 1 aromatic rings. The molecule has 6 nitrogen and oxygen atoms in total. The number of amides is 2. The lowest BCUT2D eigenvalue weighted by molar-refractivity contribution is -0.212. The average molecular weight is 452 g/mol. The van der Waals surface area contributed by atoms with E-state index in [1.165, 1.54) is 4.90 Å². The molecule has 2 amide bonds. The van der Waals surface area contributed by atoms with Crippen molar-refractivity contribution in [2.24, 2.45) is 11.7 Å². The van der Waals surface area contributed by atoms with Crippen LogP contribution >= 0.6 is 12.4 Å². The Morgan fingerprint density at radius 3 is 2.40 bits per heavy atom. The van der Waals surface area contributed by atoms with E-state index in [2.05, 4.69) is 5.32 Å². The highest BCUT2D eigenvalue weighted by molar-refractivity contribution is 5.90. The van der Waals surface area contributed by atoms with E-state index in [1.807, 2.05) is 0 Å². The standard InChI is InChI=1S/C20H28F3N3O3.ClH/c1-12(2)16(24)19(29)26-10-6-9-15(26)18(28)25-14(17(27)20(21,22)23)11-13-7-4-3-5-8-13;/h3-5,7-8,12,14-17,27H,6,9-11,24H2,1-2H3,(H,25,28);1H/t14-,15-,16-,17-;/m0./s1. The number of aliphatic hydroxyl groups excluding tert-OH is 1. The number of halogens is 4. The Morgan fingerprint density at radius 1 is 1.27 bits per heavy atom. The van der Waals surface area contributed by atoms with Crippen molar-refractivity contribution in [3.05, 3.63) is 35.9 Å². The van der Waals surface area contributed by atoms with Gasteiger partial charge in [0.25, 0.3) is 0 Å². The number of alkyl halides is 3. The lowest BCUT2D eigenvalue weighted by atomic mass is 10.00. The molecular formula is C20H29ClF3N3O3. The van der Waals surface area contributed by atoms with Gasteiger partial charge in [0.1, 0.15) is 6.04 Å². The van der Waals surface area contributed by atoms with Crippen molar-refractivity contribution in [1.82, 2.24) is 10.2 Å². The second-order valence-electron chi connectivity index (χ2n) is 7.75. The van der Waals surface area contributed by atoms with E-state index in [1.54, 1.807) is 44.2 Å². The molecule has 1 fully saturated rings. The number of aliphatic hydroxyl groups is 1. The SMILES string of the molecule is CC(C)[C@H](N)C(=O)N1CCC[C@H]1C(=O)N[C@@H](Cc1ccccc1)[C@H](O)C(F)(F)F.Cl. The van der Waals surface area contributed by atoms with Crippen LogP contribution in [0.15, 0.2) is 30.3 Å². The number of hydrogen-bond donors (Lipinski definition) is 3. The first-order valence-corrected chi connectivity index (χ1v) is 9.67. The number of nitrogens with zero attached hydrogens (tertiary/aromatic N) is 1. The second-order valence-corrected chi connectivity index (χ2v) is 7.75. The fourth-order valence-electron chi connectivity index (χ4n) is 3.40. The summed E-state index contributed by atoms with van der Waals surface area (Å²) in [6, 6.07) is 5.04. The molecule has 4 N–H and O–H groups in total. The molecule has 10 heteroatoms. The van der Waals surface area contributed by atoms with Crippen molar-refractivity contribution in [2.75, 3.05) is 6.54 Å². The van der Waals surface area contributed by atoms with Gasteiger partial charge in [-0.25, -0.2) is 0 Å². The van der Waals surface area contributed by atoms with Crippen LogP contribution in [0, 0.1) is 5.92 Å². The molecule has 0 spiro atoms. The van der Waals surface area contributed by atoms with E-state index in [0.717, 1.165) is 0 Å². The summed E-state index contributed by atoms with van der Waals surface area (Å²) >= 11 is 0. The summed E-state index contributed by atoms with van der Waals surface area (Å²) in [4.78, 5) is 26.7. The van der Waals surface area contributed by atoms with E-state index in [9.17, 15) is 27.9 Å². The molecule has 1 aliphatic rings. The molecule has 30 heavy (non-hydrogen) atoms. The maximum absolute atomic E-state index is 13.1. The molecule has 1 aromatic carbocycles. The van der Waals surface area contributed by atoms with Gasteiger partial charge in [-0.15, -0.1) is 12.4 Å². The number of carbonyl (C=O) groups is 2. The van der Waals surface area contributed by atoms with Crippen LogP contribution in [0.5, 0.6) is 0 Å². The zero-order valence-corrected chi connectivity index (χ0v) is 17.7. The lowest BCUT2D eigenvalue weighted by Crippen LogP contribution is -2.57. The minimum atomic E-state index is -4.89. The van der Waals surface area contributed by atoms with Gasteiger partial charge in [-0.2, -0.15) is 13.2 Å². The highest BCUT2D eigenvalue weighted by Gasteiger charge is 2.45. The maximum Gasteiger partial charge on any atom is 0.416 e. The van der Waals surface area contributed by atoms with Gasteiger partial charge in [0.05, 0.1) is 12.1 Å². The molecule has 0 bridgehead atoms. The average Bonchev–Trinajstić information content (AvgIpc) is 3.15. The minimum absolute atomic E-state index is 0. The molecule has 1 heterocycles. The molecule has 0 unspecified atom stereocenters. The Labute approximate surface area is 180 Å². The van der Waals surface area contributed by atoms with Crippen LogP contribution < -0.4 is 11.1 Å². The van der Waals surface area contributed by atoms with Crippen molar-refractivity contribution in [2.45, 2.75) is 63.5 Å². The van der Waals surface area contributed by atoms with Crippen LogP contribution in [0.4, 0.5) is 13.2 Å². The number of hydrogen-bond acceptors (Lipinski definition) is 4. The summed E-state index contributed by atoms with van der Waals surface area (Å²) in [7, 11) is 0. The van der Waals surface area contributed by atoms with Crippen LogP contribution in [0.2, 0.25) is 0 Å². The molecule has 170 valence electrons. The van der Waals surface area contributed by atoms with Gasteiger partial charge in [0, 0.05) is 6.54 Å². The molecule has 1 aliphatic heterocycles. The van der Waals surface area contributed by atoms with E-state index in [0.29, 0.717) is 24.9 Å². The zero-order chi connectivity index (χ0) is 21.8. The first kappa shape index (κ1) is 26.2. The zero-order valence-electron chi connectivity index (χ0n) is 16.9. The first-order valence-electron chi connectivity index (χ1n) is 9.67. The van der Waals surface area contributed by atoms with E-state index in [4.69, 9.17) is 5.73 Å². The molecule has 0 saturated carbocycles. The number of nitrogens with two attached hydrogens (primary N) is 1.